The summed E-state index contributed by atoms with van der Waals surface area (Å²) in [7, 11) is 1.70. The Kier molecular flexibility index (Phi) is 3.88. The molecule has 1 heterocycles. The van der Waals surface area contributed by atoms with Crippen LogP contribution in [0.1, 0.15) is 23.6 Å². The number of aryl methyl sites for hydroxylation is 1. The zero-order valence-electron chi connectivity index (χ0n) is 11.8. The number of hydrogen-bond donors (Lipinski definition) is 1. The van der Waals surface area contributed by atoms with E-state index in [1.54, 1.807) is 7.11 Å². The molecule has 1 aliphatic heterocycles. The minimum Gasteiger partial charge on any atom is -0.497 e. The van der Waals surface area contributed by atoms with Gasteiger partial charge in [0.25, 0.3) is 0 Å². The highest BCUT2D eigenvalue weighted by molar-refractivity contribution is 7.99. The molecule has 0 aromatic heterocycles. The fraction of sp³-hybridized carbons (Fsp3) is 0.294. The van der Waals surface area contributed by atoms with Crippen LogP contribution >= 0.6 is 11.8 Å². The molecule has 0 spiro atoms. The van der Waals surface area contributed by atoms with Crippen LogP contribution in [0.15, 0.2) is 47.4 Å². The second-order valence-electron chi connectivity index (χ2n) is 5.05. The number of benzene rings is 2. The first-order valence-electron chi connectivity index (χ1n) is 6.91. The van der Waals surface area contributed by atoms with E-state index < -0.39 is 0 Å². The molecule has 1 N–H and O–H groups in total. The molecule has 0 aliphatic carbocycles. The Balaban J connectivity index is 1.85. The predicted molar refractivity (Wildman–Crippen MR) is 85.9 cm³/mol. The molecule has 104 valence electrons. The summed E-state index contributed by atoms with van der Waals surface area (Å²) in [5, 5.41) is 3.69. The van der Waals surface area contributed by atoms with Crippen molar-refractivity contribution in [3.05, 3.63) is 53.6 Å². The van der Waals surface area contributed by atoms with Gasteiger partial charge in [-0.3, -0.25) is 0 Å². The van der Waals surface area contributed by atoms with Gasteiger partial charge in [0.15, 0.2) is 0 Å². The van der Waals surface area contributed by atoms with Gasteiger partial charge in [0.05, 0.1) is 13.2 Å². The molecule has 0 saturated carbocycles. The van der Waals surface area contributed by atoms with E-state index in [9.17, 15) is 0 Å². The minimum absolute atomic E-state index is 0.402. The summed E-state index contributed by atoms with van der Waals surface area (Å²) in [6, 6.07) is 15.3. The first-order valence-corrected chi connectivity index (χ1v) is 7.89. The number of thioether (sulfide) groups is 1. The fourth-order valence-corrected chi connectivity index (χ4v) is 3.73. The first-order chi connectivity index (χ1) is 9.78. The van der Waals surface area contributed by atoms with Crippen molar-refractivity contribution in [1.29, 1.82) is 0 Å². The molecule has 3 rings (SSSR count). The maximum atomic E-state index is 5.27. The molecule has 2 aromatic rings. The second-order valence-corrected chi connectivity index (χ2v) is 6.19. The lowest BCUT2D eigenvalue weighted by Gasteiger charge is -2.27. The Bertz CT molecular complexity index is 612. The Morgan fingerprint density at radius 1 is 1.20 bits per heavy atom. The average molecular weight is 285 g/mol. The highest BCUT2D eigenvalue weighted by Crippen LogP contribution is 2.38. The first kappa shape index (κ1) is 13.4. The minimum atomic E-state index is 0.402. The lowest BCUT2D eigenvalue weighted by atomic mass is 10.0. The molecular weight excluding hydrogens is 266 g/mol. The van der Waals surface area contributed by atoms with Gasteiger partial charge in [-0.05, 0) is 48.7 Å². The van der Waals surface area contributed by atoms with Gasteiger partial charge in [0.2, 0.25) is 0 Å². The van der Waals surface area contributed by atoms with E-state index in [2.05, 4.69) is 48.6 Å². The van der Waals surface area contributed by atoms with Crippen LogP contribution in [0.5, 0.6) is 5.75 Å². The van der Waals surface area contributed by atoms with Gasteiger partial charge < -0.3 is 10.1 Å². The van der Waals surface area contributed by atoms with Crippen molar-refractivity contribution in [2.75, 3.05) is 18.2 Å². The van der Waals surface area contributed by atoms with Crippen molar-refractivity contribution < 1.29 is 4.74 Å². The SMILES string of the molecule is COc1ccc(NC2CCSc3ccccc32)c(C)c1. The van der Waals surface area contributed by atoms with E-state index in [0.717, 1.165) is 12.2 Å². The summed E-state index contributed by atoms with van der Waals surface area (Å²) in [6.45, 7) is 2.12. The van der Waals surface area contributed by atoms with E-state index >= 15 is 0 Å². The van der Waals surface area contributed by atoms with Crippen LogP contribution in [0.3, 0.4) is 0 Å². The maximum absolute atomic E-state index is 5.27. The van der Waals surface area contributed by atoms with E-state index in [0.29, 0.717) is 6.04 Å². The van der Waals surface area contributed by atoms with E-state index in [-0.39, 0.29) is 0 Å². The molecule has 20 heavy (non-hydrogen) atoms. The fourth-order valence-electron chi connectivity index (χ4n) is 2.60. The highest BCUT2D eigenvalue weighted by Gasteiger charge is 2.20. The lowest BCUT2D eigenvalue weighted by molar-refractivity contribution is 0.414. The molecule has 1 aliphatic rings. The van der Waals surface area contributed by atoms with Crippen LogP contribution in [0.25, 0.3) is 0 Å². The Hall–Kier alpha value is -1.61. The Morgan fingerprint density at radius 2 is 2.05 bits per heavy atom. The van der Waals surface area contributed by atoms with Crippen molar-refractivity contribution in [3.63, 3.8) is 0 Å². The molecule has 0 radical (unpaired) electrons. The Morgan fingerprint density at radius 3 is 2.85 bits per heavy atom. The van der Waals surface area contributed by atoms with Crippen LogP contribution in [0.4, 0.5) is 5.69 Å². The number of ether oxygens (including phenoxy) is 1. The summed E-state index contributed by atoms with van der Waals surface area (Å²) in [5.41, 5.74) is 3.83. The van der Waals surface area contributed by atoms with Gasteiger partial charge in [0.1, 0.15) is 5.75 Å². The quantitative estimate of drug-likeness (QED) is 0.886. The van der Waals surface area contributed by atoms with Crippen molar-refractivity contribution in [3.8, 4) is 5.75 Å². The molecule has 0 saturated heterocycles. The molecule has 1 atom stereocenters. The van der Waals surface area contributed by atoms with Crippen molar-refractivity contribution >= 4 is 17.4 Å². The molecule has 1 unspecified atom stereocenters. The molecule has 0 amide bonds. The largest absolute Gasteiger partial charge is 0.497 e. The summed E-state index contributed by atoms with van der Waals surface area (Å²) in [6.07, 6.45) is 1.16. The number of nitrogens with one attached hydrogen (secondary N) is 1. The topological polar surface area (TPSA) is 21.3 Å². The van der Waals surface area contributed by atoms with Gasteiger partial charge >= 0.3 is 0 Å². The summed E-state index contributed by atoms with van der Waals surface area (Å²) in [4.78, 5) is 1.41. The summed E-state index contributed by atoms with van der Waals surface area (Å²) < 4.78 is 5.27. The summed E-state index contributed by atoms with van der Waals surface area (Å²) in [5.74, 6) is 2.08. The van der Waals surface area contributed by atoms with Crippen molar-refractivity contribution in [2.24, 2.45) is 0 Å². The summed E-state index contributed by atoms with van der Waals surface area (Å²) >= 11 is 1.95. The van der Waals surface area contributed by atoms with Gasteiger partial charge in [-0.2, -0.15) is 0 Å². The zero-order chi connectivity index (χ0) is 13.9. The predicted octanol–water partition coefficient (Wildman–Crippen LogP) is 4.65. The molecule has 2 aromatic carbocycles. The van der Waals surface area contributed by atoms with Crippen LogP contribution in [-0.2, 0) is 0 Å². The molecular formula is C17H19NOS. The van der Waals surface area contributed by atoms with Crippen LogP contribution in [0.2, 0.25) is 0 Å². The van der Waals surface area contributed by atoms with Crippen LogP contribution in [0, 0.1) is 6.92 Å². The van der Waals surface area contributed by atoms with E-state index in [1.807, 2.05) is 17.8 Å². The van der Waals surface area contributed by atoms with Gasteiger partial charge in [-0.1, -0.05) is 18.2 Å². The van der Waals surface area contributed by atoms with Crippen molar-refractivity contribution in [1.82, 2.24) is 0 Å². The third kappa shape index (κ3) is 2.63. The number of fused-ring (bicyclic) bond motifs is 1. The van der Waals surface area contributed by atoms with Gasteiger partial charge in [0, 0.05) is 16.3 Å². The maximum Gasteiger partial charge on any atom is 0.119 e. The number of rotatable bonds is 3. The van der Waals surface area contributed by atoms with Gasteiger partial charge in [-0.25, -0.2) is 0 Å². The van der Waals surface area contributed by atoms with E-state index in [1.165, 1.54) is 27.5 Å². The smallest absolute Gasteiger partial charge is 0.119 e. The third-order valence-corrected chi connectivity index (χ3v) is 4.84. The second kappa shape index (κ2) is 5.80. The number of anilines is 1. The molecule has 2 nitrogen and oxygen atoms in total. The number of hydrogen-bond acceptors (Lipinski definition) is 3. The molecule has 0 fully saturated rings. The third-order valence-electron chi connectivity index (χ3n) is 3.72. The van der Waals surface area contributed by atoms with Crippen molar-refractivity contribution in [2.45, 2.75) is 24.3 Å². The molecule has 3 heteroatoms. The van der Waals surface area contributed by atoms with Gasteiger partial charge in [-0.15, -0.1) is 11.8 Å². The van der Waals surface area contributed by atoms with Crippen LogP contribution in [-0.4, -0.2) is 12.9 Å². The lowest BCUT2D eigenvalue weighted by Crippen LogP contribution is -2.16. The number of methoxy groups -OCH3 is 1. The normalized spacial score (nSPS) is 17.4. The Labute approximate surface area is 124 Å². The average Bonchev–Trinajstić information content (AvgIpc) is 2.49. The van der Waals surface area contributed by atoms with E-state index in [4.69, 9.17) is 4.74 Å². The van der Waals surface area contributed by atoms with Crippen LogP contribution < -0.4 is 10.1 Å². The molecule has 0 bridgehead atoms. The standard InChI is InChI=1S/C17H19NOS/c1-12-11-13(19-2)7-8-15(12)18-16-9-10-20-17-6-4-3-5-14(16)17/h3-8,11,16,18H,9-10H2,1-2H3. The monoisotopic (exact) mass is 285 g/mol. The zero-order valence-corrected chi connectivity index (χ0v) is 12.7. The highest BCUT2D eigenvalue weighted by atomic mass is 32.2.